The summed E-state index contributed by atoms with van der Waals surface area (Å²) in [4.78, 5) is 47.0. The number of carbonyl (C=O) groups is 4. The Morgan fingerprint density at radius 1 is 0.516 bits per heavy atom. The molecule has 0 aliphatic rings. The van der Waals surface area contributed by atoms with E-state index in [1.165, 1.54) is 24.3 Å². The van der Waals surface area contributed by atoms with Gasteiger partial charge in [-0.05, 0) is 42.5 Å². The maximum absolute atomic E-state index is 11.7. The van der Waals surface area contributed by atoms with Gasteiger partial charge in [0.15, 0.2) is 11.4 Å². The van der Waals surface area contributed by atoms with Crippen molar-refractivity contribution in [3.8, 4) is 44.3 Å². The van der Waals surface area contributed by atoms with Gasteiger partial charge in [-0.2, -0.15) is 19.6 Å². The summed E-state index contributed by atoms with van der Waals surface area (Å²) in [5.41, 5.74) is -1.01. The number of carboxylic acid groups (broad SMARTS) is 4. The van der Waals surface area contributed by atoms with Crippen molar-refractivity contribution < 1.29 is 49.8 Å². The molecule has 0 atom stereocenters. The number of nitrogens with zero attached hydrogens (tertiary/aromatic N) is 12. The number of carboxylic acids is 4. The summed E-state index contributed by atoms with van der Waals surface area (Å²) in [7, 11) is 0. The van der Waals surface area contributed by atoms with E-state index in [0.717, 1.165) is 44.2 Å². The topological polar surface area (TPSA) is 326 Å². The second-order valence-corrected chi connectivity index (χ2v) is 17.8. The molecule has 0 amide bonds. The number of hydrogen-bond acceptors (Lipinski definition) is 18. The van der Waals surface area contributed by atoms with Gasteiger partial charge in [-0.15, -0.1) is 40.9 Å². The van der Waals surface area contributed by atoms with Crippen molar-refractivity contribution in [1.82, 2.24) is 40.0 Å². The number of aromatic carboxylic acids is 4. The molecule has 0 saturated heterocycles. The van der Waals surface area contributed by atoms with Crippen LogP contribution < -0.4 is 0 Å². The monoisotopic (exact) mass is 906 g/mol. The Morgan fingerprint density at radius 2 is 0.859 bits per heavy atom. The predicted octanol–water partition coefficient (Wildman–Crippen LogP) is 8.72. The minimum absolute atomic E-state index is 0.0202. The molecule has 7 aromatic rings. The molecule has 0 radical (unpaired) electrons. The summed E-state index contributed by atoms with van der Waals surface area (Å²) in [6.45, 7) is 10.9. The molecule has 4 heterocycles. The highest BCUT2D eigenvalue weighted by Crippen LogP contribution is 2.43. The lowest BCUT2D eigenvalue weighted by Crippen LogP contribution is -2.13. The highest BCUT2D eigenvalue weighted by Gasteiger charge is 2.30. The Labute approximate surface area is 368 Å². The maximum atomic E-state index is 11.7. The fourth-order valence-corrected chi connectivity index (χ4v) is 7.36. The average molecular weight is 907 g/mol. The van der Waals surface area contributed by atoms with Crippen LogP contribution in [0.2, 0.25) is 0 Å². The molecule has 4 aromatic heterocycles. The van der Waals surface area contributed by atoms with Gasteiger partial charge in [0.25, 0.3) is 10.3 Å². The Morgan fingerprint density at radius 3 is 1.17 bits per heavy atom. The zero-order valence-corrected chi connectivity index (χ0v) is 35.9. The van der Waals surface area contributed by atoms with Crippen LogP contribution in [0.25, 0.3) is 32.5 Å². The molecule has 7 rings (SSSR count). The fraction of sp³-hybridized carbons (Fsp3) is 0.200. The van der Waals surface area contributed by atoms with Gasteiger partial charge in [0, 0.05) is 22.0 Å². The second kappa shape index (κ2) is 16.6. The molecule has 0 spiro atoms. The second-order valence-electron chi connectivity index (χ2n) is 15.9. The first-order valence-corrected chi connectivity index (χ1v) is 20.2. The zero-order valence-electron chi connectivity index (χ0n) is 34.3. The number of benzene rings is 3. The molecular formula is C40H34N12O10S2. The van der Waals surface area contributed by atoms with E-state index >= 15 is 0 Å². The minimum Gasteiger partial charge on any atom is -0.492 e. The Balaban J connectivity index is 1.14. The summed E-state index contributed by atoms with van der Waals surface area (Å²) < 4.78 is 1.99. The van der Waals surface area contributed by atoms with E-state index in [4.69, 9.17) is 0 Å². The van der Waals surface area contributed by atoms with Crippen LogP contribution in [0.5, 0.6) is 11.8 Å². The van der Waals surface area contributed by atoms with Crippen LogP contribution in [0, 0.1) is 0 Å². The van der Waals surface area contributed by atoms with Gasteiger partial charge in [0.2, 0.25) is 11.8 Å². The van der Waals surface area contributed by atoms with E-state index in [1.807, 2.05) is 41.5 Å². The molecule has 326 valence electrons. The molecule has 0 aliphatic heterocycles. The maximum Gasteiger partial charge on any atom is 0.335 e. The van der Waals surface area contributed by atoms with E-state index in [9.17, 15) is 49.8 Å². The number of azo groups is 2. The Hall–Kier alpha value is -8.12. The third kappa shape index (κ3) is 8.93. The highest BCUT2D eigenvalue weighted by atomic mass is 32.1. The van der Waals surface area contributed by atoms with Crippen molar-refractivity contribution in [2.75, 3.05) is 0 Å². The van der Waals surface area contributed by atoms with Crippen LogP contribution in [0.4, 0.5) is 21.6 Å². The van der Waals surface area contributed by atoms with Gasteiger partial charge in [-0.3, -0.25) is 0 Å². The molecule has 3 aromatic carbocycles. The summed E-state index contributed by atoms with van der Waals surface area (Å²) in [6, 6.07) is 13.8. The molecular weight excluding hydrogens is 873 g/mol. The van der Waals surface area contributed by atoms with Gasteiger partial charge in [-0.1, -0.05) is 82.4 Å². The number of rotatable bonds is 12. The van der Waals surface area contributed by atoms with Crippen molar-refractivity contribution in [3.05, 3.63) is 94.3 Å². The number of aromatic hydroxyl groups is 2. The summed E-state index contributed by atoms with van der Waals surface area (Å²) in [5, 5.41) is 105. The summed E-state index contributed by atoms with van der Waals surface area (Å²) in [6.07, 6.45) is 0. The first-order valence-electron chi connectivity index (χ1n) is 18.6. The molecule has 24 heteroatoms. The molecule has 0 bridgehead atoms. The first kappa shape index (κ1) is 44.0. The Bertz CT molecular complexity index is 2830. The Kier molecular flexibility index (Phi) is 11.4. The quantitative estimate of drug-likeness (QED) is 0.0624. The lowest BCUT2D eigenvalue weighted by molar-refractivity contribution is 0.0676. The van der Waals surface area contributed by atoms with E-state index < -0.39 is 46.5 Å². The van der Waals surface area contributed by atoms with Crippen molar-refractivity contribution >= 4 is 68.2 Å². The third-order valence-electron chi connectivity index (χ3n) is 9.06. The molecule has 0 unspecified atom stereocenters. The van der Waals surface area contributed by atoms with E-state index in [1.54, 1.807) is 24.3 Å². The van der Waals surface area contributed by atoms with Gasteiger partial charge < -0.3 is 30.6 Å². The van der Waals surface area contributed by atoms with Crippen molar-refractivity contribution in [1.29, 1.82) is 0 Å². The van der Waals surface area contributed by atoms with E-state index in [2.05, 4.69) is 51.0 Å². The van der Waals surface area contributed by atoms with E-state index in [0.29, 0.717) is 21.1 Å². The van der Waals surface area contributed by atoms with Crippen LogP contribution in [-0.2, 0) is 10.8 Å². The van der Waals surface area contributed by atoms with E-state index in [-0.39, 0.29) is 66.7 Å². The lowest BCUT2D eigenvalue weighted by Gasteiger charge is -2.15. The minimum atomic E-state index is -1.37. The standard InChI is InChI=1S/C40H34N12O10S2/c1-39(2,3)27-25(31(53)51(49-27)23-13-19(33(55)56)11-20(14-23)34(57)58)41-45-37-47-43-29(63-37)17-8-7-9-18(10-17)30-44-48-38(64-30)46-42-26-28(40(4,5)6)50-52(32(26)54)24-15-21(35(59)60)12-22(16-24)36(61)62/h7-16,53-54H,1-6H3,(H,55,56)(H,57,58)(H,59,60)(H,61,62). The molecule has 64 heavy (non-hydrogen) atoms. The van der Waals surface area contributed by atoms with Crippen molar-refractivity contribution in [2.24, 2.45) is 20.5 Å². The normalized spacial score (nSPS) is 12.1. The fourth-order valence-electron chi connectivity index (χ4n) is 6.03. The van der Waals surface area contributed by atoms with Gasteiger partial charge in [-0.25, -0.2) is 19.2 Å². The number of hydrogen-bond donors (Lipinski definition) is 6. The zero-order chi connectivity index (χ0) is 46.4. The van der Waals surface area contributed by atoms with Crippen LogP contribution in [0.1, 0.15) is 94.4 Å². The smallest absolute Gasteiger partial charge is 0.335 e. The third-order valence-corrected chi connectivity index (χ3v) is 10.8. The lowest BCUT2D eigenvalue weighted by atomic mass is 9.91. The van der Waals surface area contributed by atoms with Crippen molar-refractivity contribution in [2.45, 2.75) is 52.4 Å². The first-order chi connectivity index (χ1) is 30.1. The van der Waals surface area contributed by atoms with Crippen LogP contribution in [0.15, 0.2) is 81.1 Å². The van der Waals surface area contributed by atoms with Gasteiger partial charge in [0.1, 0.15) is 10.0 Å². The summed E-state index contributed by atoms with van der Waals surface area (Å²) >= 11 is 2.17. The van der Waals surface area contributed by atoms with Gasteiger partial charge >= 0.3 is 23.9 Å². The average Bonchev–Trinajstić information content (AvgIpc) is 4.04. The summed E-state index contributed by atoms with van der Waals surface area (Å²) in [5.74, 6) is -6.51. The van der Waals surface area contributed by atoms with Crippen molar-refractivity contribution in [3.63, 3.8) is 0 Å². The SMILES string of the molecule is CC(C)(C)c1nn(-c2cc(C(=O)O)cc(C(=O)O)c2)c(O)c1N=Nc1nnc(-c2cccc(-c3nnc(N=Nc4c(C(C)(C)C)nn(-c5cc(C(=O)O)cc(C(=O)O)c5)c4O)s3)c2)s1. The largest absolute Gasteiger partial charge is 0.492 e. The molecule has 0 saturated carbocycles. The van der Waals surface area contributed by atoms with Gasteiger partial charge in [0.05, 0.1) is 45.0 Å². The molecule has 0 fully saturated rings. The number of aromatic nitrogens is 8. The molecule has 22 nitrogen and oxygen atoms in total. The van der Waals surface area contributed by atoms with Crippen LogP contribution in [0.3, 0.4) is 0 Å². The van der Waals surface area contributed by atoms with Crippen LogP contribution in [-0.4, -0.2) is 94.5 Å². The molecule has 0 aliphatic carbocycles. The highest BCUT2D eigenvalue weighted by molar-refractivity contribution is 7.18. The van der Waals surface area contributed by atoms with Crippen LogP contribution >= 0.6 is 22.7 Å². The molecule has 6 N–H and O–H groups in total. The predicted molar refractivity (Wildman–Crippen MR) is 228 cm³/mol.